The Morgan fingerprint density at radius 1 is 0.879 bits per heavy atom. The van der Waals surface area contributed by atoms with Crippen LogP contribution in [0.4, 0.5) is 17.6 Å². The number of halogens is 4. The molecule has 0 saturated carbocycles. The predicted octanol–water partition coefficient (Wildman–Crippen LogP) is 7.65. The van der Waals surface area contributed by atoms with Crippen LogP contribution in [0.3, 0.4) is 0 Å². The third-order valence-electron chi connectivity index (χ3n) is 6.35. The molecule has 1 aliphatic rings. The molecule has 1 unspecified atom stereocenters. The van der Waals surface area contributed by atoms with Gasteiger partial charge in [-0.2, -0.15) is 0 Å². The summed E-state index contributed by atoms with van der Waals surface area (Å²) in [6.45, 7) is 2.09. The average Bonchev–Trinajstić information content (AvgIpc) is 2.79. The van der Waals surface area contributed by atoms with Crippen molar-refractivity contribution in [3.8, 4) is 11.8 Å². The summed E-state index contributed by atoms with van der Waals surface area (Å²) in [5.41, 5.74) is 2.99. The highest BCUT2D eigenvalue weighted by Crippen LogP contribution is 2.37. The molecule has 0 radical (unpaired) electrons. The summed E-state index contributed by atoms with van der Waals surface area (Å²) >= 11 is 0. The number of aryl methyl sites for hydroxylation is 1. The highest BCUT2D eigenvalue weighted by Gasteiger charge is 2.28. The Morgan fingerprint density at radius 2 is 1.61 bits per heavy atom. The Bertz CT molecular complexity index is 1180. The lowest BCUT2D eigenvalue weighted by Gasteiger charge is -2.26. The van der Waals surface area contributed by atoms with Gasteiger partial charge in [0.2, 0.25) is 0 Å². The molecular formula is C29H26F4. The molecule has 0 heterocycles. The minimum atomic E-state index is -0.503. The summed E-state index contributed by atoms with van der Waals surface area (Å²) in [5, 5.41) is 0. The van der Waals surface area contributed by atoms with Gasteiger partial charge in [-0.15, -0.1) is 0 Å². The molecule has 3 aromatic rings. The second kappa shape index (κ2) is 10.3. The van der Waals surface area contributed by atoms with Crippen LogP contribution in [0.1, 0.15) is 71.9 Å². The molecule has 1 atom stereocenters. The molecule has 0 saturated heterocycles. The van der Waals surface area contributed by atoms with Crippen LogP contribution in [0, 0.1) is 35.1 Å². The number of unbranched alkanes of at least 4 members (excludes halogenated alkanes) is 2. The quantitative estimate of drug-likeness (QED) is 0.213. The smallest absolute Gasteiger partial charge is 0.142 e. The van der Waals surface area contributed by atoms with Crippen LogP contribution < -0.4 is 0 Å². The Balaban J connectivity index is 1.54. The van der Waals surface area contributed by atoms with Crippen LogP contribution in [-0.2, 0) is 19.3 Å². The monoisotopic (exact) mass is 450 g/mol. The van der Waals surface area contributed by atoms with Crippen molar-refractivity contribution in [1.82, 2.24) is 0 Å². The Labute approximate surface area is 192 Å². The van der Waals surface area contributed by atoms with E-state index < -0.39 is 11.6 Å². The van der Waals surface area contributed by atoms with Crippen molar-refractivity contribution in [2.75, 3.05) is 0 Å². The molecule has 3 aromatic carbocycles. The maximum atomic E-state index is 15.1. The average molecular weight is 451 g/mol. The number of benzene rings is 3. The minimum Gasteiger partial charge on any atom is -0.207 e. The zero-order valence-electron chi connectivity index (χ0n) is 18.7. The molecule has 1 aliphatic carbocycles. The molecule has 0 aliphatic heterocycles. The Morgan fingerprint density at radius 3 is 2.30 bits per heavy atom. The molecule has 4 heteroatoms. The molecule has 33 heavy (non-hydrogen) atoms. The molecular weight excluding hydrogens is 424 g/mol. The standard InChI is InChI=1S/C29H26F4/c1-2-3-4-5-20-16-26(31)28(27(32)17-20)23-12-15-25-22(18-23)11-10-21(29(25)33)9-6-19-7-13-24(30)14-8-19/h7-8,10-11,13-14,16-17,23H,2-5,12,15,18H2,1H3. The maximum absolute atomic E-state index is 15.1. The van der Waals surface area contributed by atoms with E-state index >= 15 is 4.39 Å². The first-order valence-electron chi connectivity index (χ1n) is 11.5. The molecule has 0 spiro atoms. The van der Waals surface area contributed by atoms with Gasteiger partial charge in [-0.25, -0.2) is 17.6 Å². The van der Waals surface area contributed by atoms with Crippen molar-refractivity contribution in [2.45, 2.75) is 57.8 Å². The maximum Gasteiger partial charge on any atom is 0.142 e. The van der Waals surface area contributed by atoms with Crippen molar-refractivity contribution in [1.29, 1.82) is 0 Å². The van der Waals surface area contributed by atoms with E-state index in [1.165, 1.54) is 24.3 Å². The first-order chi connectivity index (χ1) is 16.0. The van der Waals surface area contributed by atoms with Crippen LogP contribution in [0.25, 0.3) is 0 Å². The highest BCUT2D eigenvalue weighted by molar-refractivity contribution is 5.48. The van der Waals surface area contributed by atoms with Gasteiger partial charge in [0.05, 0.1) is 5.56 Å². The van der Waals surface area contributed by atoms with Gasteiger partial charge < -0.3 is 0 Å². The van der Waals surface area contributed by atoms with Crippen LogP contribution in [-0.4, -0.2) is 0 Å². The van der Waals surface area contributed by atoms with Gasteiger partial charge in [-0.05, 0) is 97.2 Å². The normalized spacial score (nSPS) is 15.0. The van der Waals surface area contributed by atoms with E-state index in [1.807, 2.05) is 0 Å². The second-order valence-electron chi connectivity index (χ2n) is 8.69. The van der Waals surface area contributed by atoms with Crippen LogP contribution >= 0.6 is 0 Å². The van der Waals surface area contributed by atoms with E-state index in [4.69, 9.17) is 0 Å². The van der Waals surface area contributed by atoms with Crippen molar-refractivity contribution >= 4 is 0 Å². The lowest BCUT2D eigenvalue weighted by atomic mass is 9.78. The summed E-state index contributed by atoms with van der Waals surface area (Å²) in [7, 11) is 0. The molecule has 0 aromatic heterocycles. The van der Waals surface area contributed by atoms with E-state index in [9.17, 15) is 13.2 Å². The van der Waals surface area contributed by atoms with Crippen LogP contribution in [0.2, 0.25) is 0 Å². The summed E-state index contributed by atoms with van der Waals surface area (Å²) in [4.78, 5) is 0. The van der Waals surface area contributed by atoms with Gasteiger partial charge in [0.1, 0.15) is 23.3 Å². The largest absolute Gasteiger partial charge is 0.207 e. The van der Waals surface area contributed by atoms with E-state index in [0.717, 1.165) is 24.8 Å². The number of hydrogen-bond acceptors (Lipinski definition) is 0. The number of hydrogen-bond donors (Lipinski definition) is 0. The number of rotatable bonds is 5. The summed E-state index contributed by atoms with van der Waals surface area (Å²) in [5.74, 6) is 3.61. The molecule has 0 bridgehead atoms. The lowest BCUT2D eigenvalue weighted by molar-refractivity contribution is 0.480. The zero-order valence-corrected chi connectivity index (χ0v) is 18.7. The van der Waals surface area contributed by atoms with Crippen LogP contribution in [0.15, 0.2) is 48.5 Å². The first kappa shape index (κ1) is 23.1. The summed E-state index contributed by atoms with van der Waals surface area (Å²) in [6.07, 6.45) is 4.93. The van der Waals surface area contributed by atoms with Gasteiger partial charge in [-0.3, -0.25) is 0 Å². The Hall–Kier alpha value is -3.06. The molecule has 0 fully saturated rings. The highest BCUT2D eigenvalue weighted by atomic mass is 19.1. The molecule has 0 amide bonds. The fourth-order valence-electron chi connectivity index (χ4n) is 4.57. The molecule has 0 N–H and O–H groups in total. The fraction of sp³-hybridized carbons (Fsp3) is 0.310. The summed E-state index contributed by atoms with van der Waals surface area (Å²) in [6, 6.07) is 12.0. The topological polar surface area (TPSA) is 0 Å². The van der Waals surface area contributed by atoms with Crippen molar-refractivity contribution in [3.63, 3.8) is 0 Å². The van der Waals surface area contributed by atoms with Gasteiger partial charge in [0.25, 0.3) is 0 Å². The van der Waals surface area contributed by atoms with Crippen molar-refractivity contribution < 1.29 is 17.6 Å². The molecule has 170 valence electrons. The lowest BCUT2D eigenvalue weighted by Crippen LogP contribution is -2.17. The molecule has 0 nitrogen and oxygen atoms in total. The second-order valence-corrected chi connectivity index (χ2v) is 8.69. The molecule has 4 rings (SSSR count). The van der Waals surface area contributed by atoms with Crippen molar-refractivity contribution in [3.05, 3.63) is 105 Å². The minimum absolute atomic E-state index is 0.112. The fourth-order valence-corrected chi connectivity index (χ4v) is 4.57. The summed E-state index contributed by atoms with van der Waals surface area (Å²) < 4.78 is 57.8. The van der Waals surface area contributed by atoms with E-state index in [0.29, 0.717) is 42.4 Å². The number of fused-ring (bicyclic) bond motifs is 1. The SMILES string of the molecule is CCCCCc1cc(F)c(C2CCc3c(ccc(C#Cc4ccc(F)cc4)c3F)C2)c(F)c1. The van der Waals surface area contributed by atoms with Gasteiger partial charge >= 0.3 is 0 Å². The zero-order chi connectivity index (χ0) is 23.4. The van der Waals surface area contributed by atoms with Crippen molar-refractivity contribution in [2.24, 2.45) is 0 Å². The van der Waals surface area contributed by atoms with Gasteiger partial charge in [0.15, 0.2) is 0 Å². The first-order valence-corrected chi connectivity index (χ1v) is 11.5. The third kappa shape index (κ3) is 5.30. The van der Waals surface area contributed by atoms with Gasteiger partial charge in [0, 0.05) is 11.1 Å². The predicted molar refractivity (Wildman–Crippen MR) is 123 cm³/mol. The van der Waals surface area contributed by atoms with Gasteiger partial charge in [-0.1, -0.05) is 37.7 Å². The third-order valence-corrected chi connectivity index (χ3v) is 6.35. The Kier molecular flexibility index (Phi) is 7.18. The van der Waals surface area contributed by atoms with E-state index in [2.05, 4.69) is 18.8 Å². The van der Waals surface area contributed by atoms with E-state index in [1.54, 1.807) is 24.3 Å². The van der Waals surface area contributed by atoms with E-state index in [-0.39, 0.29) is 28.7 Å². The van der Waals surface area contributed by atoms with Crippen LogP contribution in [0.5, 0.6) is 0 Å².